The Labute approximate surface area is 576 Å². The van der Waals surface area contributed by atoms with Gasteiger partial charge in [-0.2, -0.15) is 0 Å². The molecule has 2 aromatic carbocycles. The van der Waals surface area contributed by atoms with Gasteiger partial charge in [0.2, 0.25) is 11.5 Å². The normalized spacial score (nSPS) is 11.5. The zero-order valence-electron chi connectivity index (χ0n) is 59.6. The van der Waals surface area contributed by atoms with Gasteiger partial charge in [0.1, 0.15) is 39.6 Å². The molecule has 0 aliphatic carbocycles. The Morgan fingerprint density at radius 3 is 0.711 bits per heavy atom. The lowest BCUT2D eigenvalue weighted by Gasteiger charge is -2.23. The Hall–Kier alpha value is -4.62. The first kappa shape index (κ1) is 88.5. The highest BCUT2D eigenvalue weighted by Gasteiger charge is 2.22. The van der Waals surface area contributed by atoms with Crippen molar-refractivity contribution in [3.05, 3.63) is 35.4 Å². The Kier molecular flexibility index (Phi) is 60.2. The molecule has 0 fully saturated rings. The molecule has 2 aromatic rings. The highest BCUT2D eigenvalue weighted by Crippen LogP contribution is 2.40. The summed E-state index contributed by atoms with van der Waals surface area (Å²) in [7, 11) is 13.8. The SMILES string of the molecule is COCCOCCOCCOc1cc(C(=O)NCCCN(CCCNC(=O)c2cc(OCCOCCOCCOC)c(OCCOCCOCCOC)c(OCCOCCOCCOC)c2)CCCN(C)C)cc(OCCOCCOCCOC)c1OCCOCCOCCOC. The van der Waals surface area contributed by atoms with Gasteiger partial charge in [0.05, 0.1) is 198 Å². The molecule has 0 bridgehead atoms. The van der Waals surface area contributed by atoms with E-state index >= 15 is 0 Å². The maximum absolute atomic E-state index is 14.1. The summed E-state index contributed by atoms with van der Waals surface area (Å²) < 4.78 is 136. The summed E-state index contributed by atoms with van der Waals surface area (Å²) in [6, 6.07) is 6.55. The smallest absolute Gasteiger partial charge is 0.251 e. The van der Waals surface area contributed by atoms with Crippen LogP contribution in [0.15, 0.2) is 24.3 Å². The minimum Gasteiger partial charge on any atom is -0.487 e. The largest absolute Gasteiger partial charge is 0.487 e. The van der Waals surface area contributed by atoms with Crippen LogP contribution in [0.25, 0.3) is 0 Å². The average molecular weight is 1400 g/mol. The minimum absolute atomic E-state index is 0.140. The van der Waals surface area contributed by atoms with Crippen LogP contribution in [-0.4, -0.2) is 355 Å². The average Bonchev–Trinajstić information content (AvgIpc) is 0.840. The summed E-state index contributed by atoms with van der Waals surface area (Å²) in [5.41, 5.74) is 0.602. The standard InChI is InChI=1S/C67H120N4O26/c1-70(2)14-11-17-71(15-9-12-68-66(72)58-54-60(92-48-42-86-36-30-80-24-18-74-3)64(96-52-46-90-40-34-84-28-22-78-7)61(55-58)93-49-43-87-37-31-81-25-19-75-4)16-10-13-69-67(73)59-56-62(94-50-44-88-38-32-82-26-20-76-5)65(97-53-47-91-41-35-85-29-23-79-8)63(57-59)95-51-45-89-39-33-83-27-21-77-6/h54-57H,9-53H2,1-8H3,(H,68,72)(H,69,73). The predicted molar refractivity (Wildman–Crippen MR) is 360 cm³/mol. The third kappa shape index (κ3) is 49.5. The molecule has 0 unspecified atom stereocenters. The summed E-state index contributed by atoms with van der Waals surface area (Å²) in [5.74, 6) is 1.07. The highest BCUT2D eigenvalue weighted by atomic mass is 16.6. The van der Waals surface area contributed by atoms with Crippen molar-refractivity contribution in [2.45, 2.75) is 19.3 Å². The number of ether oxygens (including phenoxy) is 24. The number of amides is 2. The van der Waals surface area contributed by atoms with Crippen LogP contribution >= 0.6 is 0 Å². The maximum Gasteiger partial charge on any atom is 0.251 e. The highest BCUT2D eigenvalue weighted by molar-refractivity contribution is 5.96. The number of rotatable bonds is 74. The predicted octanol–water partition coefficient (Wildman–Crippen LogP) is 3.23. The molecule has 0 spiro atoms. The molecule has 0 radical (unpaired) electrons. The van der Waals surface area contributed by atoms with Gasteiger partial charge in [0.15, 0.2) is 23.0 Å². The van der Waals surface area contributed by atoms with Gasteiger partial charge in [0, 0.05) is 66.9 Å². The van der Waals surface area contributed by atoms with Gasteiger partial charge in [-0.25, -0.2) is 0 Å². The molecule has 30 nitrogen and oxygen atoms in total. The second kappa shape index (κ2) is 66.0. The zero-order chi connectivity index (χ0) is 70.0. The number of methoxy groups -OCH3 is 6. The van der Waals surface area contributed by atoms with Crippen LogP contribution in [0.5, 0.6) is 34.5 Å². The van der Waals surface area contributed by atoms with Crippen molar-refractivity contribution in [2.75, 3.05) is 334 Å². The van der Waals surface area contributed by atoms with E-state index in [0.717, 1.165) is 19.5 Å². The first-order valence-electron chi connectivity index (χ1n) is 33.7. The van der Waals surface area contributed by atoms with Crippen molar-refractivity contribution < 1.29 is 123 Å². The van der Waals surface area contributed by atoms with Crippen molar-refractivity contribution in [3.63, 3.8) is 0 Å². The summed E-state index contributed by atoms with van der Waals surface area (Å²) in [5, 5.41) is 6.21. The molecule has 0 heterocycles. The molecule has 0 atom stereocenters. The first-order chi connectivity index (χ1) is 47.7. The van der Waals surface area contributed by atoms with Crippen LogP contribution in [0.2, 0.25) is 0 Å². The van der Waals surface area contributed by atoms with E-state index in [1.807, 2.05) is 14.1 Å². The number of carbonyl (C=O) groups excluding carboxylic acids is 2. The molecule has 2 amide bonds. The molecule has 0 aromatic heterocycles. The van der Waals surface area contributed by atoms with Gasteiger partial charge in [-0.1, -0.05) is 0 Å². The van der Waals surface area contributed by atoms with E-state index in [1.54, 1.807) is 66.9 Å². The fraction of sp³-hybridized carbons (Fsp3) is 0.791. The molecule has 564 valence electrons. The lowest BCUT2D eigenvalue weighted by Crippen LogP contribution is -2.34. The quantitative estimate of drug-likeness (QED) is 0.0899. The number of nitrogens with zero attached hydrogens (tertiary/aromatic N) is 2. The number of nitrogens with one attached hydrogen (secondary N) is 2. The van der Waals surface area contributed by atoms with Gasteiger partial charge >= 0.3 is 0 Å². The van der Waals surface area contributed by atoms with Crippen LogP contribution in [0.4, 0.5) is 0 Å². The molecular formula is C67H120N4O26. The summed E-state index contributed by atoms with van der Waals surface area (Å²) in [6.07, 6.45) is 2.19. The van der Waals surface area contributed by atoms with Gasteiger partial charge < -0.3 is 134 Å². The maximum atomic E-state index is 14.1. The zero-order valence-corrected chi connectivity index (χ0v) is 59.6. The summed E-state index contributed by atoms with van der Waals surface area (Å²) in [4.78, 5) is 32.7. The Balaban J connectivity index is 2.29. The number of benzene rings is 2. The lowest BCUT2D eigenvalue weighted by molar-refractivity contribution is 0.0146. The fourth-order valence-electron chi connectivity index (χ4n) is 8.32. The van der Waals surface area contributed by atoms with Crippen LogP contribution < -0.4 is 39.1 Å². The lowest BCUT2D eigenvalue weighted by atomic mass is 10.1. The number of carbonyl (C=O) groups is 2. The third-order valence-corrected chi connectivity index (χ3v) is 13.2. The third-order valence-electron chi connectivity index (χ3n) is 13.2. The summed E-state index contributed by atoms with van der Waals surface area (Å²) >= 11 is 0. The number of hydrogen-bond donors (Lipinski definition) is 2. The van der Waals surface area contributed by atoms with Crippen LogP contribution in [0.3, 0.4) is 0 Å². The Morgan fingerprint density at radius 2 is 0.485 bits per heavy atom. The first-order valence-corrected chi connectivity index (χ1v) is 33.7. The van der Waals surface area contributed by atoms with Crippen LogP contribution in [0, 0.1) is 0 Å². The van der Waals surface area contributed by atoms with E-state index in [-0.39, 0.29) is 114 Å². The molecule has 0 aliphatic rings. The molecule has 97 heavy (non-hydrogen) atoms. The van der Waals surface area contributed by atoms with E-state index in [0.29, 0.717) is 220 Å². The van der Waals surface area contributed by atoms with E-state index in [2.05, 4.69) is 20.4 Å². The Bertz CT molecular complexity index is 1900. The topological polar surface area (TPSA) is 286 Å². The van der Waals surface area contributed by atoms with Crippen LogP contribution in [0.1, 0.15) is 40.0 Å². The molecule has 30 heteroatoms. The molecule has 0 aliphatic heterocycles. The molecule has 0 saturated heterocycles. The van der Waals surface area contributed by atoms with Gasteiger partial charge in [-0.15, -0.1) is 0 Å². The van der Waals surface area contributed by atoms with Crippen molar-refractivity contribution in [2.24, 2.45) is 0 Å². The van der Waals surface area contributed by atoms with Gasteiger partial charge in [-0.05, 0) is 83.8 Å². The van der Waals surface area contributed by atoms with Crippen molar-refractivity contribution in [3.8, 4) is 34.5 Å². The number of hydrogen-bond acceptors (Lipinski definition) is 28. The van der Waals surface area contributed by atoms with E-state index < -0.39 is 0 Å². The van der Waals surface area contributed by atoms with E-state index in [1.165, 1.54) is 0 Å². The van der Waals surface area contributed by atoms with Crippen LogP contribution in [-0.2, 0) is 85.3 Å². The summed E-state index contributed by atoms with van der Waals surface area (Å²) in [6.45, 7) is 16.3. The second-order valence-corrected chi connectivity index (χ2v) is 21.2. The van der Waals surface area contributed by atoms with Crippen molar-refractivity contribution >= 4 is 11.8 Å². The molecule has 0 saturated carbocycles. The monoisotopic (exact) mass is 1400 g/mol. The van der Waals surface area contributed by atoms with E-state index in [9.17, 15) is 9.59 Å². The van der Waals surface area contributed by atoms with Gasteiger partial charge in [0.25, 0.3) is 11.8 Å². The Morgan fingerprint density at radius 1 is 0.278 bits per heavy atom. The van der Waals surface area contributed by atoms with Gasteiger partial charge in [-0.3, -0.25) is 9.59 Å². The van der Waals surface area contributed by atoms with Crippen molar-refractivity contribution in [1.82, 2.24) is 20.4 Å². The molecule has 2 rings (SSSR count). The van der Waals surface area contributed by atoms with E-state index in [4.69, 9.17) is 114 Å². The molecule has 2 N–H and O–H groups in total. The second-order valence-electron chi connectivity index (χ2n) is 21.2. The minimum atomic E-state index is -0.333. The fourth-order valence-corrected chi connectivity index (χ4v) is 8.32. The molecular weight excluding hydrogens is 1280 g/mol. The van der Waals surface area contributed by atoms with Crippen molar-refractivity contribution in [1.29, 1.82) is 0 Å².